The second kappa shape index (κ2) is 17.3. The van der Waals surface area contributed by atoms with Gasteiger partial charge in [-0.1, -0.05) is 48.4 Å². The number of amides is 5. The highest BCUT2D eigenvalue weighted by molar-refractivity contribution is 6.23. The predicted molar refractivity (Wildman–Crippen MR) is 248 cm³/mol. The van der Waals surface area contributed by atoms with Gasteiger partial charge in [-0.2, -0.15) is 9.97 Å². The monoisotopic (exact) mass is 935 g/mol. The van der Waals surface area contributed by atoms with Crippen LogP contribution < -0.4 is 25.6 Å². The number of piperazine rings is 1. The lowest BCUT2D eigenvalue weighted by Crippen LogP contribution is -2.54. The van der Waals surface area contributed by atoms with Crippen LogP contribution in [0, 0.1) is 24.0 Å². The van der Waals surface area contributed by atoms with Crippen molar-refractivity contribution in [3.63, 3.8) is 0 Å². The predicted octanol–water partition coefficient (Wildman–Crippen LogP) is 4.96. The van der Waals surface area contributed by atoms with Crippen molar-refractivity contribution >= 4 is 57.2 Å². The van der Waals surface area contributed by atoms with Crippen LogP contribution in [0.5, 0.6) is 6.01 Å². The first-order chi connectivity index (χ1) is 33.4. The molecule has 3 aromatic carbocycles. The van der Waals surface area contributed by atoms with Crippen LogP contribution in [0.3, 0.4) is 0 Å². The van der Waals surface area contributed by atoms with E-state index in [4.69, 9.17) is 25.9 Å². The minimum atomic E-state index is -1.06. The van der Waals surface area contributed by atoms with E-state index in [0.717, 1.165) is 23.3 Å². The van der Waals surface area contributed by atoms with Gasteiger partial charge in [0, 0.05) is 67.9 Å². The molecule has 6 aliphatic rings. The number of piperidine rings is 1. The van der Waals surface area contributed by atoms with E-state index in [1.54, 1.807) is 42.6 Å². The first-order valence-corrected chi connectivity index (χ1v) is 23.2. The number of hydrogen-bond donors (Lipinski definition) is 3. The van der Waals surface area contributed by atoms with E-state index in [1.165, 1.54) is 12.1 Å². The van der Waals surface area contributed by atoms with E-state index >= 15 is 8.78 Å². The Kier molecular flexibility index (Phi) is 11.1. The number of carbonyl (C=O) groups is 5. The summed E-state index contributed by atoms with van der Waals surface area (Å²) in [6, 6.07) is 12.2. The van der Waals surface area contributed by atoms with Crippen molar-refractivity contribution in [3.8, 4) is 29.6 Å². The van der Waals surface area contributed by atoms with E-state index in [1.807, 2.05) is 0 Å². The van der Waals surface area contributed by atoms with Crippen LogP contribution in [-0.2, 0) is 20.7 Å². The first kappa shape index (κ1) is 44.2. The molecule has 69 heavy (non-hydrogen) atoms. The summed E-state index contributed by atoms with van der Waals surface area (Å²) in [6.45, 7) is 6.66. The van der Waals surface area contributed by atoms with Crippen LogP contribution in [0.25, 0.3) is 32.9 Å². The van der Waals surface area contributed by atoms with Crippen molar-refractivity contribution in [1.29, 1.82) is 0 Å². The van der Waals surface area contributed by atoms with Crippen LogP contribution in [0.2, 0.25) is 0 Å². The van der Waals surface area contributed by atoms with E-state index < -0.39 is 52.9 Å². The fourth-order valence-corrected chi connectivity index (χ4v) is 11.3. The highest BCUT2D eigenvalue weighted by atomic mass is 19.1. The van der Waals surface area contributed by atoms with Crippen LogP contribution in [0.4, 0.5) is 19.4 Å². The van der Waals surface area contributed by atoms with Gasteiger partial charge in [0.15, 0.2) is 5.82 Å². The van der Waals surface area contributed by atoms with E-state index in [0.29, 0.717) is 78.4 Å². The van der Waals surface area contributed by atoms with Gasteiger partial charge in [0.1, 0.15) is 42.1 Å². The second-order valence-electron chi connectivity index (χ2n) is 18.9. The molecule has 5 atom stereocenters. The molecule has 5 fully saturated rings. The highest BCUT2D eigenvalue weighted by Gasteiger charge is 2.52. The molecule has 2 bridgehead atoms. The number of anilines is 1. The summed E-state index contributed by atoms with van der Waals surface area (Å²) < 4.78 is 44.4. The van der Waals surface area contributed by atoms with Gasteiger partial charge >= 0.3 is 12.1 Å². The number of pyridine rings is 1. The lowest BCUT2D eigenvalue weighted by Gasteiger charge is -2.35. The number of rotatable bonds is 11. The highest BCUT2D eigenvalue weighted by Crippen LogP contribution is 2.45. The van der Waals surface area contributed by atoms with Gasteiger partial charge in [-0.05, 0) is 74.1 Å². The Bertz CT molecular complexity index is 3090. The Morgan fingerprint density at radius 2 is 1.80 bits per heavy atom. The molecule has 2 aromatic heterocycles. The Balaban J connectivity index is 0.774. The molecule has 0 saturated carbocycles. The number of nitrogens with zero attached hydrogens (tertiary/aromatic N) is 6. The van der Waals surface area contributed by atoms with Crippen molar-refractivity contribution in [1.82, 2.24) is 40.7 Å². The zero-order valence-corrected chi connectivity index (χ0v) is 37.5. The molecule has 352 valence electrons. The third-order valence-corrected chi connectivity index (χ3v) is 14.6. The van der Waals surface area contributed by atoms with Gasteiger partial charge in [0.2, 0.25) is 11.8 Å². The van der Waals surface area contributed by atoms with Crippen molar-refractivity contribution in [2.24, 2.45) is 0 Å². The number of ether oxygens (including phenoxy) is 2. The smallest absolute Gasteiger partial charge is 0.407 e. The van der Waals surface area contributed by atoms with Gasteiger partial charge in [-0.15, -0.1) is 6.42 Å². The topological polar surface area (TPSA) is 188 Å². The van der Waals surface area contributed by atoms with Crippen molar-refractivity contribution in [2.75, 3.05) is 44.3 Å². The molecule has 6 aliphatic heterocycles. The molecule has 18 heteroatoms. The number of nitrogens with one attached hydrogen (secondary N) is 3. The van der Waals surface area contributed by atoms with E-state index in [2.05, 4.69) is 43.2 Å². The number of benzene rings is 3. The summed E-state index contributed by atoms with van der Waals surface area (Å²) in [5.74, 6) is -0.652. The average molecular weight is 936 g/mol. The van der Waals surface area contributed by atoms with E-state index in [-0.39, 0.29) is 84.6 Å². The summed E-state index contributed by atoms with van der Waals surface area (Å²) in [5.41, 5.74) is 1.88. The zero-order valence-electron chi connectivity index (χ0n) is 37.5. The Labute approximate surface area is 394 Å². The fraction of sp³-hybridized carbons (Fsp3) is 0.373. The summed E-state index contributed by atoms with van der Waals surface area (Å²) in [7, 11) is 0. The molecule has 5 amide bonds. The number of halogens is 2. The minimum Gasteiger partial charge on any atom is -0.461 e. The molecule has 8 heterocycles. The Hall–Kier alpha value is -7.36. The maximum Gasteiger partial charge on any atom is 0.407 e. The molecule has 11 rings (SSSR count). The largest absolute Gasteiger partial charge is 0.461 e. The molecule has 5 saturated heterocycles. The standard InChI is InChI=1S/C51H47F2N9O7/c1-3-33-38(52)12-8-29-5-4-6-35(41(29)33)43-42(53)44-37(21-55-43)45(60-23-30-9-10-31(24-60)56-30)59-49(58-44)69-26-51-17-15-32(61(51)22-27(2)20-51)25-68-50(67)54-18-16-28-7-11-34-36(19-28)48(66)62(47(34)65)39-13-14-40(63)57-46(39)64/h1,4-8,11-12,19,21,30-32,39,56H,2,9-10,13-18,20,22-26H2,(H,54,67)(H,57,63,64)/t30?,31?,32-,39?,51-/m0/s1. The van der Waals surface area contributed by atoms with Crippen molar-refractivity contribution in [3.05, 3.63) is 101 Å². The number of carbonyl (C=O) groups excluding carboxylic acids is 5. The van der Waals surface area contributed by atoms with Gasteiger partial charge in [0.05, 0.1) is 27.6 Å². The molecular formula is C51H47F2N9O7. The molecule has 3 unspecified atom stereocenters. The second-order valence-corrected chi connectivity index (χ2v) is 18.9. The quantitative estimate of drug-likeness (QED) is 0.0918. The SMILES string of the molecule is C#Cc1c(F)ccc2cccc(-c3ncc4c(N5CC6CCC(C5)N6)nc(OC[C@@]56CC[C@@H](COC(=O)NCCc7ccc8c(c7)C(=O)N(C7CCC(=O)NC7=O)C8=O)N5CC(=C)C6)nc4c3F)c12. The maximum absolute atomic E-state index is 17.2. The number of imide groups is 2. The van der Waals surface area contributed by atoms with E-state index in [9.17, 15) is 24.0 Å². The normalized spacial score (nSPS) is 24.2. The van der Waals surface area contributed by atoms with Crippen LogP contribution in [0.15, 0.2) is 66.9 Å². The first-order valence-electron chi connectivity index (χ1n) is 23.2. The third kappa shape index (κ3) is 7.79. The Morgan fingerprint density at radius 1 is 0.986 bits per heavy atom. The van der Waals surface area contributed by atoms with Crippen molar-refractivity contribution < 1.29 is 42.2 Å². The molecular weight excluding hydrogens is 889 g/mol. The van der Waals surface area contributed by atoms with Crippen LogP contribution in [0.1, 0.15) is 76.8 Å². The molecule has 5 aromatic rings. The number of fused-ring (bicyclic) bond motifs is 6. The van der Waals surface area contributed by atoms with Crippen molar-refractivity contribution in [2.45, 2.75) is 81.1 Å². The number of terminal acetylenes is 1. The van der Waals surface area contributed by atoms with Gasteiger partial charge < -0.3 is 25.0 Å². The number of aromatic nitrogens is 3. The van der Waals surface area contributed by atoms with Gasteiger partial charge in [-0.25, -0.2) is 13.6 Å². The number of hydrogen-bond acceptors (Lipinski definition) is 13. The summed E-state index contributed by atoms with van der Waals surface area (Å²) in [5, 5.41) is 10.1. The minimum absolute atomic E-state index is 0.00426. The number of alkyl carbamates (subject to hydrolysis) is 1. The summed E-state index contributed by atoms with van der Waals surface area (Å²) in [4.78, 5) is 83.0. The van der Waals surface area contributed by atoms with Crippen LogP contribution in [-0.4, -0.2) is 124 Å². The maximum atomic E-state index is 17.2. The zero-order chi connectivity index (χ0) is 47.7. The summed E-state index contributed by atoms with van der Waals surface area (Å²) in [6.07, 6.45) is 11.3. The molecule has 0 aliphatic carbocycles. The third-order valence-electron chi connectivity index (χ3n) is 14.6. The van der Waals surface area contributed by atoms with Crippen LogP contribution >= 0.6 is 0 Å². The lowest BCUT2D eigenvalue weighted by atomic mass is 9.94. The molecule has 3 N–H and O–H groups in total. The molecule has 16 nitrogen and oxygen atoms in total. The Morgan fingerprint density at radius 3 is 2.59 bits per heavy atom. The summed E-state index contributed by atoms with van der Waals surface area (Å²) >= 11 is 0. The van der Waals surface area contributed by atoms with Gasteiger partial charge in [0.25, 0.3) is 11.8 Å². The molecule has 0 radical (unpaired) electrons. The fourth-order valence-electron chi connectivity index (χ4n) is 11.3. The average Bonchev–Trinajstić information content (AvgIpc) is 4.04. The van der Waals surface area contributed by atoms with Gasteiger partial charge in [-0.3, -0.25) is 39.3 Å². The molecule has 0 spiro atoms. The lowest BCUT2D eigenvalue weighted by molar-refractivity contribution is -0.136.